The van der Waals surface area contributed by atoms with Crippen LogP contribution in [0.5, 0.6) is 0 Å². The van der Waals surface area contributed by atoms with Crippen molar-refractivity contribution in [1.82, 2.24) is 4.90 Å². The lowest BCUT2D eigenvalue weighted by Gasteiger charge is -2.27. The molecule has 2 saturated heterocycles. The summed E-state index contributed by atoms with van der Waals surface area (Å²) in [6.07, 6.45) is 1.56. The van der Waals surface area contributed by atoms with Crippen LogP contribution in [-0.4, -0.2) is 36.0 Å². The summed E-state index contributed by atoms with van der Waals surface area (Å²) in [5.41, 5.74) is 0. The number of alkyl halides is 1. The average molecular weight is 173 g/mol. The maximum atomic E-state index is 13.7. The number of fused-ring (bicyclic) bond motifs is 2. The molecule has 70 valence electrons. The number of halogens is 1. The van der Waals surface area contributed by atoms with E-state index < -0.39 is 5.85 Å². The van der Waals surface area contributed by atoms with Crippen molar-refractivity contribution in [2.75, 3.05) is 13.2 Å². The Balaban J connectivity index is 2.12. The maximum Gasteiger partial charge on any atom is 0.223 e. The molecular formula is C9H16FNO. The quantitative estimate of drug-likeness (QED) is 0.596. The Morgan fingerprint density at radius 1 is 1.58 bits per heavy atom. The number of ether oxygens (including phenoxy) is 1. The molecule has 0 N–H and O–H groups in total. The Kier molecular flexibility index (Phi) is 1.88. The third-order valence-electron chi connectivity index (χ3n) is 2.90. The van der Waals surface area contributed by atoms with Crippen molar-refractivity contribution in [3.8, 4) is 0 Å². The molecule has 2 aliphatic rings. The second kappa shape index (κ2) is 2.67. The number of hydrogen-bond acceptors (Lipinski definition) is 2. The summed E-state index contributed by atoms with van der Waals surface area (Å²) in [5.74, 6) is -1.33. The van der Waals surface area contributed by atoms with Crippen molar-refractivity contribution < 1.29 is 9.13 Å². The molecule has 2 aliphatic heterocycles. The predicted molar refractivity (Wildman–Crippen MR) is 44.7 cm³/mol. The minimum atomic E-state index is -1.33. The second-order valence-corrected chi connectivity index (χ2v) is 4.14. The van der Waals surface area contributed by atoms with Crippen LogP contribution in [0.4, 0.5) is 4.39 Å². The summed E-state index contributed by atoms with van der Waals surface area (Å²) in [5, 5.41) is 0. The van der Waals surface area contributed by atoms with Gasteiger partial charge in [-0.25, -0.2) is 4.39 Å². The lowest BCUT2D eigenvalue weighted by atomic mass is 10.1. The van der Waals surface area contributed by atoms with Gasteiger partial charge in [-0.15, -0.1) is 0 Å². The summed E-state index contributed by atoms with van der Waals surface area (Å²) in [6.45, 7) is 5.29. The first-order chi connectivity index (χ1) is 5.61. The van der Waals surface area contributed by atoms with Crippen LogP contribution in [0.1, 0.15) is 26.7 Å². The first kappa shape index (κ1) is 8.45. The largest absolute Gasteiger partial charge is 0.345 e. The highest BCUT2D eigenvalue weighted by molar-refractivity contribution is 4.95. The molecule has 0 aliphatic carbocycles. The van der Waals surface area contributed by atoms with Crippen molar-refractivity contribution in [1.29, 1.82) is 0 Å². The Morgan fingerprint density at radius 3 is 2.92 bits per heavy atom. The average Bonchev–Trinajstić information content (AvgIpc) is 2.22. The zero-order valence-electron chi connectivity index (χ0n) is 7.72. The fourth-order valence-corrected chi connectivity index (χ4v) is 2.29. The highest BCUT2D eigenvalue weighted by atomic mass is 19.2. The fourth-order valence-electron chi connectivity index (χ4n) is 2.29. The van der Waals surface area contributed by atoms with Crippen LogP contribution >= 0.6 is 0 Å². The smallest absolute Gasteiger partial charge is 0.223 e. The van der Waals surface area contributed by atoms with Crippen LogP contribution in [0.2, 0.25) is 0 Å². The van der Waals surface area contributed by atoms with Crippen molar-refractivity contribution in [3.05, 3.63) is 0 Å². The maximum absolute atomic E-state index is 13.7. The molecule has 2 atom stereocenters. The van der Waals surface area contributed by atoms with Crippen LogP contribution in [0.3, 0.4) is 0 Å². The van der Waals surface area contributed by atoms with E-state index in [0.29, 0.717) is 31.7 Å². The molecule has 12 heavy (non-hydrogen) atoms. The molecule has 0 saturated carbocycles. The van der Waals surface area contributed by atoms with E-state index in [1.165, 1.54) is 0 Å². The van der Waals surface area contributed by atoms with E-state index in [-0.39, 0.29) is 0 Å². The molecule has 2 rings (SSSR count). The topological polar surface area (TPSA) is 12.5 Å². The van der Waals surface area contributed by atoms with Gasteiger partial charge in [0.2, 0.25) is 5.85 Å². The van der Waals surface area contributed by atoms with Gasteiger partial charge < -0.3 is 4.74 Å². The Hall–Kier alpha value is -0.150. The molecule has 0 aromatic rings. The molecule has 0 aromatic carbocycles. The van der Waals surface area contributed by atoms with E-state index in [0.717, 1.165) is 6.42 Å². The highest BCUT2D eigenvalue weighted by Gasteiger charge is 2.48. The summed E-state index contributed by atoms with van der Waals surface area (Å²) >= 11 is 0. The van der Waals surface area contributed by atoms with Gasteiger partial charge in [-0.3, -0.25) is 4.90 Å². The first-order valence-corrected chi connectivity index (χ1v) is 4.69. The molecule has 3 heteroatoms. The van der Waals surface area contributed by atoms with Gasteiger partial charge in [0, 0.05) is 18.5 Å². The third kappa shape index (κ3) is 1.25. The first-order valence-electron chi connectivity index (χ1n) is 4.69. The van der Waals surface area contributed by atoms with Crippen LogP contribution < -0.4 is 0 Å². The van der Waals surface area contributed by atoms with Gasteiger partial charge >= 0.3 is 0 Å². The molecule has 2 bridgehead atoms. The highest BCUT2D eigenvalue weighted by Crippen LogP contribution is 2.38. The van der Waals surface area contributed by atoms with Gasteiger partial charge in [0.05, 0.1) is 13.2 Å². The molecular weight excluding hydrogens is 157 g/mol. The standard InChI is InChI=1S/C9H16FNO/c1-7(2)11-6-9(10)5-8(11)3-4-12-9/h7-8H,3-6H2,1-2H3. The van der Waals surface area contributed by atoms with E-state index in [9.17, 15) is 4.39 Å². The monoisotopic (exact) mass is 173 g/mol. The van der Waals surface area contributed by atoms with Gasteiger partial charge in [0.25, 0.3) is 0 Å². The van der Waals surface area contributed by atoms with E-state index in [1.807, 2.05) is 0 Å². The summed E-state index contributed by atoms with van der Waals surface area (Å²) in [7, 11) is 0. The fraction of sp³-hybridized carbons (Fsp3) is 1.00. The van der Waals surface area contributed by atoms with Crippen LogP contribution in [0.15, 0.2) is 0 Å². The normalized spacial score (nSPS) is 42.5. The van der Waals surface area contributed by atoms with Crippen molar-refractivity contribution in [3.63, 3.8) is 0 Å². The zero-order valence-corrected chi connectivity index (χ0v) is 7.72. The van der Waals surface area contributed by atoms with Crippen molar-refractivity contribution in [2.24, 2.45) is 0 Å². The molecule has 0 spiro atoms. The van der Waals surface area contributed by atoms with Crippen LogP contribution in [-0.2, 0) is 4.74 Å². The number of nitrogens with zero attached hydrogens (tertiary/aromatic N) is 1. The van der Waals surface area contributed by atoms with Crippen molar-refractivity contribution >= 4 is 0 Å². The van der Waals surface area contributed by atoms with Crippen molar-refractivity contribution in [2.45, 2.75) is 44.6 Å². The second-order valence-electron chi connectivity index (χ2n) is 4.14. The van der Waals surface area contributed by atoms with Gasteiger partial charge in [-0.1, -0.05) is 0 Å². The minimum absolute atomic E-state index is 0.420. The number of rotatable bonds is 1. The van der Waals surface area contributed by atoms with Gasteiger partial charge in [-0.2, -0.15) is 0 Å². The molecule has 2 nitrogen and oxygen atoms in total. The summed E-state index contributed by atoms with van der Waals surface area (Å²) in [4.78, 5) is 2.22. The SMILES string of the molecule is CC(C)N1CC2(F)CC1CCO2. The molecule has 0 aromatic heterocycles. The third-order valence-corrected chi connectivity index (χ3v) is 2.90. The van der Waals surface area contributed by atoms with Gasteiger partial charge in [-0.05, 0) is 20.3 Å². The summed E-state index contributed by atoms with van der Waals surface area (Å²) in [6, 6.07) is 0.859. The van der Waals surface area contributed by atoms with E-state index in [2.05, 4.69) is 18.7 Å². The predicted octanol–water partition coefficient (Wildman–Crippen LogP) is 1.56. The molecule has 2 unspecified atom stereocenters. The summed E-state index contributed by atoms with van der Waals surface area (Å²) < 4.78 is 18.8. The van der Waals surface area contributed by atoms with Crippen LogP contribution in [0.25, 0.3) is 0 Å². The molecule has 0 radical (unpaired) electrons. The van der Waals surface area contributed by atoms with Crippen LogP contribution in [0, 0.1) is 0 Å². The van der Waals surface area contributed by atoms with Gasteiger partial charge in [0.15, 0.2) is 0 Å². The zero-order chi connectivity index (χ0) is 8.77. The number of likely N-dealkylation sites (tertiary alicyclic amines) is 1. The Labute approximate surface area is 72.7 Å². The molecule has 2 fully saturated rings. The lowest BCUT2D eigenvalue weighted by molar-refractivity contribution is -0.145. The van der Waals surface area contributed by atoms with E-state index in [4.69, 9.17) is 4.74 Å². The van der Waals surface area contributed by atoms with E-state index in [1.54, 1.807) is 0 Å². The Morgan fingerprint density at radius 2 is 2.33 bits per heavy atom. The molecule has 0 amide bonds. The lowest BCUT2D eigenvalue weighted by Crippen LogP contribution is -2.35. The minimum Gasteiger partial charge on any atom is -0.345 e. The molecule has 2 heterocycles. The number of hydrogen-bond donors (Lipinski definition) is 0. The van der Waals surface area contributed by atoms with E-state index >= 15 is 0 Å². The van der Waals surface area contributed by atoms with Gasteiger partial charge in [0.1, 0.15) is 0 Å². The Bertz CT molecular complexity index is 185.